The maximum atomic E-state index is 12.4. The Morgan fingerprint density at radius 3 is 2.73 bits per heavy atom. The highest BCUT2D eigenvalue weighted by Crippen LogP contribution is 2.37. The van der Waals surface area contributed by atoms with Gasteiger partial charge >= 0.3 is 0 Å². The van der Waals surface area contributed by atoms with Crippen molar-refractivity contribution in [3.05, 3.63) is 11.4 Å². The second kappa shape index (κ2) is 5.71. The van der Waals surface area contributed by atoms with Crippen LogP contribution in [0.2, 0.25) is 0 Å². The van der Waals surface area contributed by atoms with Gasteiger partial charge in [-0.25, -0.2) is 4.68 Å². The van der Waals surface area contributed by atoms with Gasteiger partial charge in [0.05, 0.1) is 28.4 Å². The predicted octanol–water partition coefficient (Wildman–Crippen LogP) is 1.48. The number of rotatable bonds is 5. The molecule has 0 bridgehead atoms. The van der Waals surface area contributed by atoms with Gasteiger partial charge < -0.3 is 5.32 Å². The van der Waals surface area contributed by atoms with E-state index in [9.17, 15) is 4.79 Å². The minimum absolute atomic E-state index is 0.0745. The third-order valence-corrected chi connectivity index (χ3v) is 4.81. The van der Waals surface area contributed by atoms with Crippen molar-refractivity contribution in [2.24, 2.45) is 7.05 Å². The Morgan fingerprint density at radius 1 is 1.41 bits per heavy atom. The summed E-state index contributed by atoms with van der Waals surface area (Å²) in [6.45, 7) is 5.67. The minimum atomic E-state index is -0.289. The summed E-state index contributed by atoms with van der Waals surface area (Å²) in [4.78, 5) is 12.4. The van der Waals surface area contributed by atoms with E-state index in [-0.39, 0.29) is 11.2 Å². The first-order valence-corrected chi connectivity index (χ1v) is 8.11. The Balaban J connectivity index is 1.68. The lowest BCUT2D eigenvalue weighted by Crippen LogP contribution is -2.23. The van der Waals surface area contributed by atoms with Crippen molar-refractivity contribution >= 4 is 23.4 Å². The topological polar surface area (TPSA) is 90.5 Å². The number of amides is 1. The summed E-state index contributed by atoms with van der Waals surface area (Å²) < 4.78 is 3.57. The number of carbonyl (C=O) groups excluding carboxylic acids is 1. The molecule has 1 aliphatic carbocycles. The lowest BCUT2D eigenvalue weighted by molar-refractivity contribution is -0.115. The van der Waals surface area contributed by atoms with Gasteiger partial charge in [-0.15, -0.1) is 5.10 Å². The molecular weight excluding hydrogens is 302 g/mol. The van der Waals surface area contributed by atoms with Crippen molar-refractivity contribution in [1.29, 1.82) is 0 Å². The van der Waals surface area contributed by atoms with Crippen LogP contribution in [0.4, 0.5) is 5.69 Å². The Hall–Kier alpha value is -1.90. The number of anilines is 1. The average Bonchev–Trinajstić information content (AvgIpc) is 3.17. The number of hydrogen-bond donors (Lipinski definition) is 1. The largest absolute Gasteiger partial charge is 0.322 e. The molecule has 3 rings (SSSR count). The van der Waals surface area contributed by atoms with Crippen LogP contribution in [-0.2, 0) is 11.8 Å². The first-order valence-electron chi connectivity index (χ1n) is 7.23. The van der Waals surface area contributed by atoms with E-state index in [1.165, 1.54) is 11.8 Å². The zero-order valence-electron chi connectivity index (χ0n) is 13.1. The first kappa shape index (κ1) is 15.0. The van der Waals surface area contributed by atoms with Crippen LogP contribution in [0.1, 0.15) is 37.2 Å². The van der Waals surface area contributed by atoms with Crippen molar-refractivity contribution < 1.29 is 4.79 Å². The Kier molecular flexibility index (Phi) is 3.90. The zero-order valence-corrected chi connectivity index (χ0v) is 13.9. The van der Waals surface area contributed by atoms with Crippen LogP contribution in [0.25, 0.3) is 0 Å². The summed E-state index contributed by atoms with van der Waals surface area (Å²) in [6, 6.07) is 0.399. The molecule has 1 N–H and O–H groups in total. The Labute approximate surface area is 132 Å². The van der Waals surface area contributed by atoms with Crippen LogP contribution in [0.15, 0.2) is 5.16 Å². The molecule has 0 aliphatic heterocycles. The van der Waals surface area contributed by atoms with E-state index < -0.39 is 0 Å². The van der Waals surface area contributed by atoms with Crippen molar-refractivity contribution in [3.8, 4) is 0 Å². The normalized spacial score (nSPS) is 15.8. The Morgan fingerprint density at radius 2 is 2.14 bits per heavy atom. The molecule has 1 fully saturated rings. The maximum absolute atomic E-state index is 12.4. The molecule has 0 saturated heterocycles. The smallest absolute Gasteiger partial charge is 0.237 e. The van der Waals surface area contributed by atoms with E-state index in [0.29, 0.717) is 11.2 Å². The molecule has 0 spiro atoms. The quantitative estimate of drug-likeness (QED) is 0.839. The van der Waals surface area contributed by atoms with Gasteiger partial charge in [-0.2, -0.15) is 5.10 Å². The summed E-state index contributed by atoms with van der Waals surface area (Å²) in [6.07, 6.45) is 2.21. The van der Waals surface area contributed by atoms with Crippen LogP contribution >= 0.6 is 11.8 Å². The molecule has 2 heterocycles. The summed E-state index contributed by atoms with van der Waals surface area (Å²) >= 11 is 1.38. The van der Waals surface area contributed by atoms with Crippen LogP contribution in [-0.4, -0.2) is 41.1 Å². The summed E-state index contributed by atoms with van der Waals surface area (Å²) in [5.41, 5.74) is 2.53. The summed E-state index contributed by atoms with van der Waals surface area (Å²) in [5.74, 6) is -0.0745. The molecule has 1 saturated carbocycles. The van der Waals surface area contributed by atoms with Gasteiger partial charge in [-0.05, 0) is 44.0 Å². The highest BCUT2D eigenvalue weighted by molar-refractivity contribution is 8.00. The standard InChI is InChI=1S/C13H19N7OS/c1-7-11(8(2)19(4)16-7)14-12(21)9(3)22-13-15-17-18-20(13)10-5-6-10/h9-10H,5-6H2,1-4H3,(H,14,21). The maximum Gasteiger partial charge on any atom is 0.237 e. The molecule has 1 unspecified atom stereocenters. The average molecular weight is 321 g/mol. The highest BCUT2D eigenvalue weighted by Gasteiger charge is 2.29. The van der Waals surface area contributed by atoms with E-state index in [1.807, 2.05) is 32.5 Å². The number of carbonyl (C=O) groups is 1. The number of aryl methyl sites for hydroxylation is 2. The minimum Gasteiger partial charge on any atom is -0.322 e. The number of nitrogens with one attached hydrogen (secondary N) is 1. The van der Waals surface area contributed by atoms with E-state index in [0.717, 1.165) is 29.9 Å². The Bertz CT molecular complexity index is 703. The number of nitrogens with zero attached hydrogens (tertiary/aromatic N) is 6. The van der Waals surface area contributed by atoms with Gasteiger partial charge in [0, 0.05) is 7.05 Å². The van der Waals surface area contributed by atoms with Gasteiger partial charge in [0.15, 0.2) is 0 Å². The van der Waals surface area contributed by atoms with Crippen molar-refractivity contribution in [2.45, 2.75) is 50.1 Å². The second-order valence-electron chi connectivity index (χ2n) is 5.56. The number of thioether (sulfide) groups is 1. The highest BCUT2D eigenvalue weighted by atomic mass is 32.2. The third kappa shape index (κ3) is 2.85. The van der Waals surface area contributed by atoms with E-state index in [4.69, 9.17) is 0 Å². The fourth-order valence-electron chi connectivity index (χ4n) is 2.20. The van der Waals surface area contributed by atoms with Crippen LogP contribution in [0.5, 0.6) is 0 Å². The first-order chi connectivity index (χ1) is 10.5. The van der Waals surface area contributed by atoms with Gasteiger partial charge in [-0.1, -0.05) is 11.8 Å². The van der Waals surface area contributed by atoms with Gasteiger partial charge in [0.25, 0.3) is 0 Å². The molecule has 1 amide bonds. The molecule has 2 aromatic rings. The molecule has 8 nitrogen and oxygen atoms in total. The van der Waals surface area contributed by atoms with Crippen molar-refractivity contribution in [3.63, 3.8) is 0 Å². The van der Waals surface area contributed by atoms with E-state index in [2.05, 4.69) is 25.9 Å². The van der Waals surface area contributed by atoms with Gasteiger partial charge in [0.2, 0.25) is 11.1 Å². The number of aromatic nitrogens is 6. The second-order valence-corrected chi connectivity index (χ2v) is 6.86. The molecular formula is C13H19N7OS. The lowest BCUT2D eigenvalue weighted by Gasteiger charge is -2.11. The van der Waals surface area contributed by atoms with Crippen molar-refractivity contribution in [1.82, 2.24) is 30.0 Å². The summed E-state index contributed by atoms with van der Waals surface area (Å²) in [5, 5.41) is 19.4. The fourth-order valence-corrected chi connectivity index (χ4v) is 3.06. The van der Waals surface area contributed by atoms with Gasteiger partial charge in [-0.3, -0.25) is 9.48 Å². The molecule has 118 valence electrons. The monoisotopic (exact) mass is 321 g/mol. The SMILES string of the molecule is Cc1nn(C)c(C)c1NC(=O)C(C)Sc1nnnn1C1CC1. The molecule has 9 heteroatoms. The lowest BCUT2D eigenvalue weighted by atomic mass is 10.3. The molecule has 22 heavy (non-hydrogen) atoms. The fraction of sp³-hybridized carbons (Fsp3) is 0.615. The third-order valence-electron chi connectivity index (χ3n) is 3.76. The zero-order chi connectivity index (χ0) is 15.9. The number of hydrogen-bond acceptors (Lipinski definition) is 6. The van der Waals surface area contributed by atoms with Crippen LogP contribution in [0.3, 0.4) is 0 Å². The molecule has 0 aromatic carbocycles. The predicted molar refractivity (Wildman–Crippen MR) is 82.7 cm³/mol. The van der Waals surface area contributed by atoms with Gasteiger partial charge in [0.1, 0.15) is 0 Å². The molecule has 0 radical (unpaired) electrons. The van der Waals surface area contributed by atoms with E-state index >= 15 is 0 Å². The molecule has 2 aromatic heterocycles. The summed E-state index contributed by atoms with van der Waals surface area (Å²) in [7, 11) is 1.86. The van der Waals surface area contributed by atoms with Crippen LogP contribution in [0, 0.1) is 13.8 Å². The molecule has 1 aliphatic rings. The van der Waals surface area contributed by atoms with E-state index in [1.54, 1.807) is 4.68 Å². The molecule has 1 atom stereocenters. The van der Waals surface area contributed by atoms with Crippen LogP contribution < -0.4 is 5.32 Å². The number of tetrazole rings is 1. The van der Waals surface area contributed by atoms with Crippen molar-refractivity contribution in [2.75, 3.05) is 5.32 Å².